The fraction of sp³-hybridized carbons (Fsp3) is 0.462. The lowest BCUT2D eigenvalue weighted by Gasteiger charge is -2.10. The molecule has 0 radical (unpaired) electrons. The van der Waals surface area contributed by atoms with Gasteiger partial charge in [-0.3, -0.25) is 4.79 Å². The van der Waals surface area contributed by atoms with Gasteiger partial charge >= 0.3 is 0 Å². The number of amides is 1. The number of aromatic hydroxyl groups is 2. The highest BCUT2D eigenvalue weighted by molar-refractivity contribution is 5.95. The van der Waals surface area contributed by atoms with Crippen molar-refractivity contribution in [1.82, 2.24) is 10.2 Å². The van der Waals surface area contributed by atoms with Gasteiger partial charge in [-0.05, 0) is 26.2 Å². The Hall–Kier alpha value is -1.79. The van der Waals surface area contributed by atoms with E-state index in [0.717, 1.165) is 6.54 Å². The van der Waals surface area contributed by atoms with Crippen LogP contribution in [-0.4, -0.2) is 61.4 Å². The molecule has 1 rings (SSSR count). The van der Waals surface area contributed by atoms with Gasteiger partial charge in [0.05, 0.1) is 13.2 Å². The molecule has 0 bridgehead atoms. The number of hydrogen-bond acceptors (Lipinski definition) is 5. The topological polar surface area (TPSA) is 82.0 Å². The second-order valence-electron chi connectivity index (χ2n) is 4.41. The van der Waals surface area contributed by atoms with Crippen LogP contribution in [0.2, 0.25) is 0 Å². The first-order valence-electron chi connectivity index (χ1n) is 6.02. The monoisotopic (exact) mass is 268 g/mol. The molecule has 6 nitrogen and oxygen atoms in total. The maximum atomic E-state index is 11.7. The molecule has 0 heterocycles. The number of nitrogens with one attached hydrogen (secondary N) is 1. The molecule has 0 aliphatic heterocycles. The summed E-state index contributed by atoms with van der Waals surface area (Å²) in [5, 5.41) is 21.2. The first-order valence-corrected chi connectivity index (χ1v) is 6.02. The Balaban J connectivity index is 2.27. The smallest absolute Gasteiger partial charge is 0.251 e. The summed E-state index contributed by atoms with van der Waals surface area (Å²) >= 11 is 0. The van der Waals surface area contributed by atoms with E-state index in [4.69, 9.17) is 4.74 Å². The van der Waals surface area contributed by atoms with Crippen LogP contribution in [0.25, 0.3) is 0 Å². The Morgan fingerprint density at radius 3 is 2.42 bits per heavy atom. The molecule has 0 saturated heterocycles. The van der Waals surface area contributed by atoms with E-state index in [9.17, 15) is 15.0 Å². The van der Waals surface area contributed by atoms with Crippen molar-refractivity contribution in [2.45, 2.75) is 0 Å². The van der Waals surface area contributed by atoms with Crippen molar-refractivity contribution in [3.8, 4) is 11.5 Å². The number of phenols is 2. The summed E-state index contributed by atoms with van der Waals surface area (Å²) < 4.78 is 5.32. The number of hydrogen-bond donors (Lipinski definition) is 3. The van der Waals surface area contributed by atoms with E-state index in [1.807, 2.05) is 19.0 Å². The van der Waals surface area contributed by atoms with Gasteiger partial charge in [0.2, 0.25) is 0 Å². The number of carbonyl (C=O) groups excluding carboxylic acids is 1. The fourth-order valence-corrected chi connectivity index (χ4v) is 1.41. The molecule has 0 aromatic heterocycles. The summed E-state index contributed by atoms with van der Waals surface area (Å²) in [5.74, 6) is -0.651. The van der Waals surface area contributed by atoms with E-state index in [0.29, 0.717) is 19.8 Å². The number of carbonyl (C=O) groups is 1. The molecule has 0 spiro atoms. The Kier molecular flexibility index (Phi) is 6.11. The molecule has 106 valence electrons. The summed E-state index contributed by atoms with van der Waals surface area (Å²) in [6.45, 7) is 2.23. The lowest BCUT2D eigenvalue weighted by molar-refractivity contribution is 0.0899. The third kappa shape index (κ3) is 6.08. The lowest BCUT2D eigenvalue weighted by atomic mass is 10.2. The molecule has 19 heavy (non-hydrogen) atoms. The van der Waals surface area contributed by atoms with E-state index in [1.165, 1.54) is 18.2 Å². The summed E-state index contributed by atoms with van der Waals surface area (Å²) in [6.07, 6.45) is 0. The third-order valence-electron chi connectivity index (χ3n) is 2.38. The van der Waals surface area contributed by atoms with Crippen LogP contribution in [0.15, 0.2) is 18.2 Å². The number of nitrogens with zero attached hydrogens (tertiary/aromatic N) is 1. The molecule has 1 aromatic rings. The highest BCUT2D eigenvalue weighted by Gasteiger charge is 2.07. The van der Waals surface area contributed by atoms with Crippen LogP contribution < -0.4 is 5.32 Å². The molecule has 1 amide bonds. The second-order valence-corrected chi connectivity index (χ2v) is 4.41. The molecule has 0 aliphatic rings. The van der Waals surface area contributed by atoms with Gasteiger partial charge in [0, 0.05) is 24.7 Å². The van der Waals surface area contributed by atoms with Crippen molar-refractivity contribution >= 4 is 5.91 Å². The molecule has 6 heteroatoms. The predicted molar refractivity (Wildman–Crippen MR) is 71.5 cm³/mol. The number of phenolic OH excluding ortho intramolecular Hbond substituents is 2. The average molecular weight is 268 g/mol. The Morgan fingerprint density at radius 2 is 1.84 bits per heavy atom. The lowest BCUT2D eigenvalue weighted by Crippen LogP contribution is -2.28. The summed E-state index contributed by atoms with van der Waals surface area (Å²) in [6, 6.07) is 3.76. The highest BCUT2D eigenvalue weighted by Crippen LogP contribution is 2.20. The van der Waals surface area contributed by atoms with Gasteiger partial charge in [-0.25, -0.2) is 0 Å². The number of rotatable bonds is 7. The zero-order valence-corrected chi connectivity index (χ0v) is 11.2. The number of benzene rings is 1. The van der Waals surface area contributed by atoms with Crippen molar-refractivity contribution in [3.05, 3.63) is 23.8 Å². The van der Waals surface area contributed by atoms with Crippen molar-refractivity contribution in [2.24, 2.45) is 0 Å². The molecule has 3 N–H and O–H groups in total. The van der Waals surface area contributed by atoms with Gasteiger partial charge in [-0.2, -0.15) is 0 Å². The van der Waals surface area contributed by atoms with Crippen LogP contribution in [0, 0.1) is 0 Å². The molecule has 0 atom stereocenters. The van der Waals surface area contributed by atoms with Crippen molar-refractivity contribution in [2.75, 3.05) is 40.4 Å². The van der Waals surface area contributed by atoms with Gasteiger partial charge in [-0.1, -0.05) is 0 Å². The van der Waals surface area contributed by atoms with Crippen molar-refractivity contribution < 1.29 is 19.7 Å². The Morgan fingerprint density at radius 1 is 1.21 bits per heavy atom. The largest absolute Gasteiger partial charge is 0.508 e. The SMILES string of the molecule is CN(C)CCOCCNC(=O)c1cc(O)cc(O)c1. The van der Waals surface area contributed by atoms with Gasteiger partial charge in [0.25, 0.3) is 5.91 Å². The van der Waals surface area contributed by atoms with Gasteiger partial charge in [-0.15, -0.1) is 0 Å². The molecular weight excluding hydrogens is 248 g/mol. The summed E-state index contributed by atoms with van der Waals surface area (Å²) in [5.41, 5.74) is 0.214. The quantitative estimate of drug-likeness (QED) is 0.624. The van der Waals surface area contributed by atoms with Crippen LogP contribution in [0.5, 0.6) is 11.5 Å². The van der Waals surface area contributed by atoms with Gasteiger partial charge in [0.1, 0.15) is 11.5 Å². The van der Waals surface area contributed by atoms with E-state index in [1.54, 1.807) is 0 Å². The molecule has 0 fully saturated rings. The van der Waals surface area contributed by atoms with Crippen LogP contribution in [-0.2, 0) is 4.74 Å². The fourth-order valence-electron chi connectivity index (χ4n) is 1.41. The van der Waals surface area contributed by atoms with E-state index >= 15 is 0 Å². The number of likely N-dealkylation sites (N-methyl/N-ethyl adjacent to an activating group) is 1. The average Bonchev–Trinajstić information content (AvgIpc) is 2.31. The van der Waals surface area contributed by atoms with Crippen LogP contribution >= 0.6 is 0 Å². The third-order valence-corrected chi connectivity index (χ3v) is 2.38. The molecule has 0 saturated carbocycles. The molecular formula is C13H20N2O4. The standard InChI is InChI=1S/C13H20N2O4/c1-15(2)4-6-19-5-3-14-13(18)10-7-11(16)9-12(17)8-10/h7-9,16-17H,3-6H2,1-2H3,(H,14,18). The van der Waals surface area contributed by atoms with E-state index in [2.05, 4.69) is 5.32 Å². The Bertz CT molecular complexity index is 401. The first kappa shape index (κ1) is 15.3. The van der Waals surface area contributed by atoms with Crippen molar-refractivity contribution in [1.29, 1.82) is 0 Å². The normalized spacial score (nSPS) is 10.7. The van der Waals surface area contributed by atoms with Crippen molar-refractivity contribution in [3.63, 3.8) is 0 Å². The van der Waals surface area contributed by atoms with Gasteiger partial charge < -0.3 is 25.2 Å². The molecule has 1 aromatic carbocycles. The minimum absolute atomic E-state index is 0.146. The zero-order valence-electron chi connectivity index (χ0n) is 11.2. The maximum absolute atomic E-state index is 11.7. The molecule has 0 unspecified atom stereocenters. The summed E-state index contributed by atoms with van der Waals surface area (Å²) in [7, 11) is 3.92. The van der Waals surface area contributed by atoms with E-state index in [-0.39, 0.29) is 23.0 Å². The van der Waals surface area contributed by atoms with Gasteiger partial charge in [0.15, 0.2) is 0 Å². The minimum Gasteiger partial charge on any atom is -0.508 e. The van der Waals surface area contributed by atoms with Crippen LogP contribution in [0.4, 0.5) is 0 Å². The zero-order chi connectivity index (χ0) is 14.3. The maximum Gasteiger partial charge on any atom is 0.251 e. The molecule has 0 aliphatic carbocycles. The minimum atomic E-state index is -0.359. The summed E-state index contributed by atoms with van der Waals surface area (Å²) in [4.78, 5) is 13.7. The Labute approximate surface area is 112 Å². The number of ether oxygens (including phenoxy) is 1. The first-order chi connectivity index (χ1) is 8.99. The van der Waals surface area contributed by atoms with E-state index < -0.39 is 0 Å². The van der Waals surface area contributed by atoms with Crippen LogP contribution in [0.3, 0.4) is 0 Å². The highest BCUT2D eigenvalue weighted by atomic mass is 16.5. The second kappa shape index (κ2) is 7.60. The predicted octanol–water partition coefficient (Wildman–Crippen LogP) is 0.406. The van der Waals surface area contributed by atoms with Crippen LogP contribution in [0.1, 0.15) is 10.4 Å².